The van der Waals surface area contributed by atoms with E-state index in [9.17, 15) is 9.59 Å². The summed E-state index contributed by atoms with van der Waals surface area (Å²) in [5, 5.41) is 4.13. The highest BCUT2D eigenvalue weighted by Crippen LogP contribution is 2.20. The molecule has 1 unspecified atom stereocenters. The van der Waals surface area contributed by atoms with E-state index in [4.69, 9.17) is 4.42 Å². The molecule has 1 fully saturated rings. The van der Waals surface area contributed by atoms with Crippen LogP contribution < -0.4 is 10.9 Å². The van der Waals surface area contributed by atoms with E-state index in [2.05, 4.69) is 5.32 Å². The lowest BCUT2D eigenvalue weighted by atomic mass is 9.92. The van der Waals surface area contributed by atoms with Crippen molar-refractivity contribution in [2.75, 3.05) is 13.1 Å². The molecule has 1 saturated heterocycles. The molecule has 1 aliphatic heterocycles. The summed E-state index contributed by atoms with van der Waals surface area (Å²) >= 11 is 0. The van der Waals surface area contributed by atoms with E-state index in [1.807, 2.05) is 60.7 Å². The van der Waals surface area contributed by atoms with E-state index in [0.29, 0.717) is 17.9 Å². The van der Waals surface area contributed by atoms with Crippen LogP contribution in [0.15, 0.2) is 63.8 Å². The summed E-state index contributed by atoms with van der Waals surface area (Å²) in [6.45, 7) is 2.01. The third-order valence-corrected chi connectivity index (χ3v) is 5.51. The highest BCUT2D eigenvalue weighted by Gasteiger charge is 2.18. The molecule has 1 atom stereocenters. The number of carbonyl (C=O) groups is 1. The standard InChI is InChI=1S/C25H25NO3.ClH/c27-23(13-11-20-7-4-14-26-17-20)22-16-21-12-10-19(15-24(21)29-25(22)28)9-8-18-5-2-1-3-6-18;/h1-3,5-6,8-10,12,15-16,20,26H,4,7,11,13-14,17H2;1H. The van der Waals surface area contributed by atoms with E-state index in [0.717, 1.165) is 48.9 Å². The van der Waals surface area contributed by atoms with Gasteiger partial charge in [-0.15, -0.1) is 12.4 Å². The lowest BCUT2D eigenvalue weighted by Crippen LogP contribution is -2.30. The SMILES string of the molecule is Cl.O=C(CCC1CCCNC1)c1cc2ccc(C=Cc3ccccc3)cc2oc1=O. The molecule has 0 amide bonds. The fourth-order valence-electron chi connectivity index (χ4n) is 3.82. The van der Waals surface area contributed by atoms with Crippen LogP contribution in [0.25, 0.3) is 23.1 Å². The molecule has 2 heterocycles. The molecule has 30 heavy (non-hydrogen) atoms. The van der Waals surface area contributed by atoms with Gasteiger partial charge in [0.25, 0.3) is 0 Å². The fourth-order valence-corrected chi connectivity index (χ4v) is 3.82. The van der Waals surface area contributed by atoms with Gasteiger partial charge in [0.15, 0.2) is 5.78 Å². The second-order valence-electron chi connectivity index (χ2n) is 7.66. The average molecular weight is 424 g/mol. The van der Waals surface area contributed by atoms with Crippen molar-refractivity contribution in [3.05, 3.63) is 81.7 Å². The molecule has 0 radical (unpaired) electrons. The van der Waals surface area contributed by atoms with E-state index in [1.54, 1.807) is 6.07 Å². The zero-order chi connectivity index (χ0) is 20.1. The number of halogens is 1. The van der Waals surface area contributed by atoms with E-state index in [-0.39, 0.29) is 23.8 Å². The lowest BCUT2D eigenvalue weighted by Gasteiger charge is -2.22. The fraction of sp³-hybridized carbons (Fsp3) is 0.280. The number of hydrogen-bond acceptors (Lipinski definition) is 4. The number of hydrogen-bond donors (Lipinski definition) is 1. The van der Waals surface area contributed by atoms with Crippen LogP contribution in [0.2, 0.25) is 0 Å². The Morgan fingerprint density at radius 2 is 1.87 bits per heavy atom. The smallest absolute Gasteiger partial charge is 0.347 e. The molecule has 0 saturated carbocycles. The van der Waals surface area contributed by atoms with Crippen LogP contribution in [0.5, 0.6) is 0 Å². The number of rotatable bonds is 6. The monoisotopic (exact) mass is 423 g/mol. The Bertz CT molecular complexity index is 1080. The Morgan fingerprint density at radius 1 is 1.07 bits per heavy atom. The van der Waals surface area contributed by atoms with Gasteiger partial charge >= 0.3 is 5.63 Å². The summed E-state index contributed by atoms with van der Waals surface area (Å²) < 4.78 is 5.48. The van der Waals surface area contributed by atoms with Crippen molar-refractivity contribution in [2.45, 2.75) is 25.7 Å². The number of piperidine rings is 1. The van der Waals surface area contributed by atoms with Crippen LogP contribution in [-0.2, 0) is 0 Å². The first-order valence-electron chi connectivity index (χ1n) is 10.2. The zero-order valence-electron chi connectivity index (χ0n) is 16.8. The van der Waals surface area contributed by atoms with Gasteiger partial charge in [-0.3, -0.25) is 4.79 Å². The maximum atomic E-state index is 12.6. The van der Waals surface area contributed by atoms with Crippen LogP contribution in [0.1, 0.15) is 47.2 Å². The lowest BCUT2D eigenvalue weighted by molar-refractivity contribution is 0.0968. The molecule has 156 valence electrons. The molecule has 1 aromatic heterocycles. The molecule has 1 aliphatic rings. The largest absolute Gasteiger partial charge is 0.422 e. The minimum Gasteiger partial charge on any atom is -0.422 e. The van der Waals surface area contributed by atoms with Gasteiger partial charge in [0, 0.05) is 11.8 Å². The Kier molecular flexibility index (Phi) is 7.61. The summed E-state index contributed by atoms with van der Waals surface area (Å²) in [5.41, 5.74) is 2.15. The van der Waals surface area contributed by atoms with Gasteiger partial charge in [0.1, 0.15) is 11.1 Å². The summed E-state index contributed by atoms with van der Waals surface area (Å²) in [6, 6.07) is 17.4. The molecule has 3 aromatic rings. The first-order chi connectivity index (χ1) is 14.2. The first-order valence-corrected chi connectivity index (χ1v) is 10.2. The molecular weight excluding hydrogens is 398 g/mol. The molecule has 5 heteroatoms. The summed E-state index contributed by atoms with van der Waals surface area (Å²) in [7, 11) is 0. The number of fused-ring (bicyclic) bond motifs is 1. The third kappa shape index (κ3) is 5.47. The molecule has 2 aromatic carbocycles. The minimum atomic E-state index is -0.548. The van der Waals surface area contributed by atoms with Gasteiger partial charge in [0.2, 0.25) is 0 Å². The highest BCUT2D eigenvalue weighted by molar-refractivity contribution is 5.98. The maximum Gasteiger partial charge on any atom is 0.347 e. The molecule has 1 N–H and O–H groups in total. The van der Waals surface area contributed by atoms with Crippen molar-refractivity contribution in [1.29, 1.82) is 0 Å². The van der Waals surface area contributed by atoms with Crippen LogP contribution in [0, 0.1) is 5.92 Å². The van der Waals surface area contributed by atoms with Crippen molar-refractivity contribution in [1.82, 2.24) is 5.32 Å². The van der Waals surface area contributed by atoms with Gasteiger partial charge in [-0.2, -0.15) is 0 Å². The van der Waals surface area contributed by atoms with Crippen LogP contribution in [0.4, 0.5) is 0 Å². The van der Waals surface area contributed by atoms with E-state index in [1.165, 1.54) is 0 Å². The summed E-state index contributed by atoms with van der Waals surface area (Å²) in [4.78, 5) is 25.0. The van der Waals surface area contributed by atoms with Gasteiger partial charge in [-0.05, 0) is 61.5 Å². The number of Topliss-reactive ketones (excluding diaryl/α,β-unsaturated/α-hetero) is 1. The number of ketones is 1. The Labute approximate surface area is 182 Å². The predicted octanol–water partition coefficient (Wildman–Crippen LogP) is 5.35. The Balaban J connectivity index is 0.00000256. The molecule has 0 aliphatic carbocycles. The van der Waals surface area contributed by atoms with Gasteiger partial charge in [0.05, 0.1) is 0 Å². The van der Waals surface area contributed by atoms with Crippen LogP contribution >= 0.6 is 12.4 Å². The molecule has 0 bridgehead atoms. The van der Waals surface area contributed by atoms with Gasteiger partial charge in [-0.1, -0.05) is 54.6 Å². The van der Waals surface area contributed by atoms with Crippen molar-refractivity contribution in [3.63, 3.8) is 0 Å². The van der Waals surface area contributed by atoms with Crippen molar-refractivity contribution < 1.29 is 9.21 Å². The highest BCUT2D eigenvalue weighted by atomic mass is 35.5. The molecular formula is C25H26ClNO3. The van der Waals surface area contributed by atoms with E-state index >= 15 is 0 Å². The second-order valence-corrected chi connectivity index (χ2v) is 7.66. The topological polar surface area (TPSA) is 59.3 Å². The van der Waals surface area contributed by atoms with Crippen molar-refractivity contribution in [3.8, 4) is 0 Å². The predicted molar refractivity (Wildman–Crippen MR) is 124 cm³/mol. The molecule has 0 spiro atoms. The second kappa shape index (κ2) is 10.4. The number of nitrogens with one attached hydrogen (secondary N) is 1. The summed E-state index contributed by atoms with van der Waals surface area (Å²) in [6.07, 6.45) is 7.49. The van der Waals surface area contributed by atoms with Gasteiger partial charge < -0.3 is 9.73 Å². The quantitative estimate of drug-likeness (QED) is 0.330. The van der Waals surface area contributed by atoms with Crippen molar-refractivity contribution in [2.24, 2.45) is 5.92 Å². The Morgan fingerprint density at radius 3 is 2.63 bits per heavy atom. The first kappa shape index (κ1) is 22.0. The van der Waals surface area contributed by atoms with Crippen LogP contribution in [0.3, 0.4) is 0 Å². The summed E-state index contributed by atoms with van der Waals surface area (Å²) in [5.74, 6) is 0.387. The number of benzene rings is 2. The van der Waals surface area contributed by atoms with Crippen LogP contribution in [-0.4, -0.2) is 18.9 Å². The zero-order valence-corrected chi connectivity index (χ0v) is 17.6. The Hall–Kier alpha value is -2.69. The molecule has 4 nitrogen and oxygen atoms in total. The minimum absolute atomic E-state index is 0. The average Bonchev–Trinajstić information content (AvgIpc) is 2.77. The van der Waals surface area contributed by atoms with Gasteiger partial charge in [-0.25, -0.2) is 4.79 Å². The third-order valence-electron chi connectivity index (χ3n) is 5.51. The maximum absolute atomic E-state index is 12.6. The van der Waals surface area contributed by atoms with E-state index < -0.39 is 5.63 Å². The number of carbonyl (C=O) groups excluding carboxylic acids is 1. The molecule has 4 rings (SSSR count). The van der Waals surface area contributed by atoms with Crippen molar-refractivity contribution >= 4 is 41.3 Å². The normalized spacial score (nSPS) is 16.5.